The minimum absolute atomic E-state index is 0.0623. The number of carbonyl (C=O) groups excluding carboxylic acids is 2. The molecule has 6 aromatic heterocycles. The molecule has 10 aromatic rings. The number of aromatic carboxylic acids is 1. The normalized spacial score (nSPS) is 12.5. The molecule has 0 bridgehead atoms. The molecule has 412 valence electrons. The smallest absolute Gasteiger partial charge is 0.435 e. The number of fused-ring (bicyclic) bond motifs is 3. The molecule has 0 amide bonds. The molecule has 11 rings (SSSR count). The number of H-pyrrole nitrogens is 2. The van der Waals surface area contributed by atoms with E-state index in [1.165, 1.54) is 22.1 Å². The van der Waals surface area contributed by atoms with E-state index in [0.29, 0.717) is 45.3 Å². The number of thiophene rings is 1. The number of nitrogens with one attached hydrogen (secondary N) is 5. The molecule has 1 aliphatic rings. The average Bonchev–Trinajstić information content (AvgIpc) is 4.35. The molecule has 4 aromatic carbocycles. The molecule has 1 atom stereocenters. The van der Waals surface area contributed by atoms with Gasteiger partial charge in [0.2, 0.25) is 5.28 Å². The number of hydrogen-bond acceptors (Lipinski definition) is 16. The Morgan fingerprint density at radius 2 is 1.58 bits per heavy atom. The van der Waals surface area contributed by atoms with Crippen molar-refractivity contribution in [2.45, 2.75) is 52.7 Å². The first-order valence-electron chi connectivity index (χ1n) is 24.1. The Hall–Kier alpha value is -7.51. The van der Waals surface area contributed by atoms with Gasteiger partial charge in [-0.25, -0.2) is 33.9 Å². The van der Waals surface area contributed by atoms with E-state index in [1.54, 1.807) is 75.2 Å². The summed E-state index contributed by atoms with van der Waals surface area (Å²) in [5.74, 6) is 0.622. The van der Waals surface area contributed by atoms with Crippen LogP contribution in [0.2, 0.25) is 5.28 Å². The summed E-state index contributed by atoms with van der Waals surface area (Å²) in [4.78, 5) is 53.4. The Bertz CT molecular complexity index is 3550. The van der Waals surface area contributed by atoms with Crippen molar-refractivity contribution in [3.05, 3.63) is 164 Å². The fourth-order valence-electron chi connectivity index (χ4n) is 6.93. The van der Waals surface area contributed by atoms with Crippen LogP contribution in [0.3, 0.4) is 0 Å². The van der Waals surface area contributed by atoms with Gasteiger partial charge in [0.1, 0.15) is 33.8 Å². The number of carboxylic acids is 1. The van der Waals surface area contributed by atoms with E-state index >= 15 is 0 Å². The molecular formula is C55H57Br2ClFN13O6S. The molecule has 1 fully saturated rings. The number of hydrogen-bond donors (Lipinski definition) is 7. The number of carbonyl (C=O) groups is 3. The topological polar surface area (TPSA) is 266 Å². The van der Waals surface area contributed by atoms with Crippen LogP contribution in [0.15, 0.2) is 137 Å². The maximum Gasteiger partial charge on any atom is 0.435 e. The number of benzene rings is 4. The monoisotopic (exact) mass is 1240 g/mol. The number of carboxylic acid groups (broad SMARTS) is 1. The molecule has 79 heavy (non-hydrogen) atoms. The van der Waals surface area contributed by atoms with E-state index in [-0.39, 0.29) is 16.9 Å². The van der Waals surface area contributed by atoms with Gasteiger partial charge in [-0.15, -0.1) is 11.3 Å². The van der Waals surface area contributed by atoms with Crippen LogP contribution in [-0.4, -0.2) is 107 Å². The number of ether oxygens (including phenoxy) is 2. The van der Waals surface area contributed by atoms with Crippen LogP contribution in [0, 0.1) is 12.7 Å². The predicted octanol–water partition coefficient (Wildman–Crippen LogP) is 13.1. The van der Waals surface area contributed by atoms with E-state index in [9.17, 15) is 18.8 Å². The van der Waals surface area contributed by atoms with Gasteiger partial charge in [0.25, 0.3) is 0 Å². The zero-order valence-electron chi connectivity index (χ0n) is 43.9. The number of aromatic nitrogens is 9. The van der Waals surface area contributed by atoms with E-state index in [1.807, 2.05) is 95.5 Å². The Kier molecular flexibility index (Phi) is 22.2. The van der Waals surface area contributed by atoms with E-state index in [0.717, 1.165) is 71.8 Å². The lowest BCUT2D eigenvalue weighted by Crippen LogP contribution is -2.27. The minimum atomic E-state index is -0.864. The lowest BCUT2D eigenvalue weighted by Gasteiger charge is -2.19. The highest BCUT2D eigenvalue weighted by Gasteiger charge is 2.20. The molecule has 24 heteroatoms. The van der Waals surface area contributed by atoms with Crippen LogP contribution in [0.5, 0.6) is 0 Å². The molecule has 1 aliphatic heterocycles. The standard InChI is InChI=1S/C16H16ClN5O2.C14H12FN5.C10H8BrNO.C9H5BrO2S.C4H9NO.C2H7N/c1-16(2,3)24-15(23)22-12-5-4-11(8-10(12)9-19-22)20-13-6-7-18-14(17)21-13;1-9-16-5-4-14(19-9)20-13-3-2-10(6-12(13)15)11-7-17-18-8-11;1-6(13)9-4-7-2-3-8(11)5-10(7)12-9;10-6-2-1-5-3-8(9(11)12)13-7(5)4-6;5-4-1-2-6-3-4;1-3-2/h4-9H,1-3H3,(H,18,20,21);2-8H,1H3,(H,17,18)(H,16,19,20);2-5,12H,1H3;1-4H,(H,11,12);4H,1-3,5H2;3H,1-2H3. The summed E-state index contributed by atoms with van der Waals surface area (Å²) in [7, 11) is 3.75. The second-order valence-electron chi connectivity index (χ2n) is 18.1. The van der Waals surface area contributed by atoms with Crippen molar-refractivity contribution in [1.29, 1.82) is 0 Å². The van der Waals surface area contributed by atoms with Crippen LogP contribution in [0.25, 0.3) is 43.0 Å². The maximum atomic E-state index is 14.1. The summed E-state index contributed by atoms with van der Waals surface area (Å²) in [5, 5.41) is 31.2. The molecule has 7 heterocycles. The summed E-state index contributed by atoms with van der Waals surface area (Å²) < 4.78 is 28.6. The molecule has 19 nitrogen and oxygen atoms in total. The Morgan fingerprint density at radius 3 is 2.19 bits per heavy atom. The Balaban J connectivity index is 0.000000165. The number of Topliss-reactive ketones (excluding diaryl/α,β-unsaturated/α-hetero) is 1. The van der Waals surface area contributed by atoms with Gasteiger partial charge in [-0.2, -0.15) is 14.9 Å². The van der Waals surface area contributed by atoms with Crippen molar-refractivity contribution in [1.82, 2.24) is 50.2 Å². The molecule has 0 radical (unpaired) electrons. The third-order valence-electron chi connectivity index (χ3n) is 10.5. The highest BCUT2D eigenvalue weighted by Crippen LogP contribution is 2.29. The fourth-order valence-corrected chi connectivity index (χ4v) is 8.90. The zero-order valence-corrected chi connectivity index (χ0v) is 48.7. The number of nitrogens with zero attached hydrogens (tertiary/aromatic N) is 7. The third kappa shape index (κ3) is 18.8. The van der Waals surface area contributed by atoms with Gasteiger partial charge in [-0.3, -0.25) is 9.89 Å². The molecule has 0 spiro atoms. The molecule has 0 saturated carbocycles. The summed E-state index contributed by atoms with van der Waals surface area (Å²) in [6.45, 7) is 10.4. The number of aromatic amines is 2. The lowest BCUT2D eigenvalue weighted by atomic mass is 10.1. The lowest BCUT2D eigenvalue weighted by molar-refractivity contribution is 0.0522. The quantitative estimate of drug-likeness (QED) is 0.0577. The fraction of sp³-hybridized carbons (Fsp3) is 0.218. The first-order chi connectivity index (χ1) is 37.7. The van der Waals surface area contributed by atoms with E-state index in [2.05, 4.69) is 88.0 Å². The first kappa shape index (κ1) is 60.7. The largest absolute Gasteiger partial charge is 0.477 e. The summed E-state index contributed by atoms with van der Waals surface area (Å²) in [6, 6.07) is 29.3. The van der Waals surface area contributed by atoms with E-state index < -0.39 is 17.7 Å². The van der Waals surface area contributed by atoms with Crippen LogP contribution < -0.4 is 21.7 Å². The maximum absolute atomic E-state index is 14.1. The van der Waals surface area contributed by atoms with Crippen molar-refractivity contribution in [2.75, 3.05) is 37.9 Å². The first-order valence-corrected chi connectivity index (χ1v) is 26.9. The molecule has 1 saturated heterocycles. The van der Waals surface area contributed by atoms with Crippen molar-refractivity contribution in [2.24, 2.45) is 5.73 Å². The van der Waals surface area contributed by atoms with E-state index in [4.69, 9.17) is 31.9 Å². The van der Waals surface area contributed by atoms with Crippen LogP contribution in [0.1, 0.15) is 60.1 Å². The highest BCUT2D eigenvalue weighted by molar-refractivity contribution is 9.10. The number of anilines is 4. The summed E-state index contributed by atoms with van der Waals surface area (Å²) >= 11 is 13.8. The molecular weight excluding hydrogens is 1190 g/mol. The number of halogens is 4. The molecule has 0 aliphatic carbocycles. The second kappa shape index (κ2) is 28.9. The van der Waals surface area contributed by atoms with Gasteiger partial charge < -0.3 is 41.2 Å². The highest BCUT2D eigenvalue weighted by atomic mass is 79.9. The van der Waals surface area contributed by atoms with Gasteiger partial charge in [-0.1, -0.05) is 50.1 Å². The van der Waals surface area contributed by atoms with Gasteiger partial charge in [-0.05, 0) is 150 Å². The molecule has 8 N–H and O–H groups in total. The predicted molar refractivity (Wildman–Crippen MR) is 317 cm³/mol. The Morgan fingerprint density at radius 1 is 0.873 bits per heavy atom. The van der Waals surface area contributed by atoms with Crippen molar-refractivity contribution in [3.63, 3.8) is 0 Å². The molecule has 1 unspecified atom stereocenters. The van der Waals surface area contributed by atoms with Gasteiger partial charge >= 0.3 is 12.1 Å². The number of rotatable bonds is 7. The number of aryl methyl sites for hydroxylation is 1. The van der Waals surface area contributed by atoms with Crippen molar-refractivity contribution in [3.8, 4) is 11.1 Å². The van der Waals surface area contributed by atoms with Gasteiger partial charge in [0, 0.05) is 79.3 Å². The minimum Gasteiger partial charge on any atom is -0.477 e. The number of nitrogens with two attached hydrogens (primary N) is 1. The van der Waals surface area contributed by atoms with Gasteiger partial charge in [0.05, 0.1) is 35.9 Å². The zero-order chi connectivity index (χ0) is 57.2. The Labute approximate surface area is 480 Å². The second-order valence-corrected chi connectivity index (χ2v) is 21.4. The average molecular weight is 1240 g/mol. The summed E-state index contributed by atoms with van der Waals surface area (Å²) in [6.07, 6.45) is 8.70. The van der Waals surface area contributed by atoms with Crippen LogP contribution >= 0.6 is 54.8 Å². The van der Waals surface area contributed by atoms with Crippen LogP contribution in [-0.2, 0) is 9.47 Å². The van der Waals surface area contributed by atoms with Crippen molar-refractivity contribution < 1.29 is 33.4 Å². The van der Waals surface area contributed by atoms with Crippen molar-refractivity contribution >= 4 is 128 Å². The summed E-state index contributed by atoms with van der Waals surface area (Å²) in [5.41, 5.74) is 9.91. The van der Waals surface area contributed by atoms with Gasteiger partial charge in [0.15, 0.2) is 5.78 Å². The van der Waals surface area contributed by atoms with Crippen LogP contribution in [0.4, 0.5) is 32.2 Å². The SMILES string of the molecule is CC(=O)c1cc2ccc(Br)cc2[nH]1.CC(C)(C)OC(=O)n1ncc2cc(Nc3ccnc(Cl)n3)ccc21.CNC.Cc1nccc(Nc2ccc(-c3cn[nH]c3)cc2F)n1.NC1CCOC1.O=C(O)c1cc2ccc(Br)cc2s1. The third-order valence-corrected chi connectivity index (χ3v) is 12.7. The number of ketones is 1.